The van der Waals surface area contributed by atoms with E-state index in [4.69, 9.17) is 18.0 Å². The average Bonchev–Trinajstić information content (AvgIpc) is 3.39. The monoisotopic (exact) mass is 618 g/mol. The Morgan fingerprint density at radius 1 is 0.548 bits per heavy atom. The van der Waals surface area contributed by atoms with Gasteiger partial charge < -0.3 is 29.9 Å². The molecule has 0 amide bonds. The Hall–Kier alpha value is -4.96. The van der Waals surface area contributed by atoms with Crippen LogP contribution in [-0.2, 0) is 20.2 Å². The van der Waals surface area contributed by atoms with E-state index in [-0.39, 0.29) is 32.0 Å². The molecule has 220 valence electrons. The van der Waals surface area contributed by atoms with Crippen molar-refractivity contribution in [2.45, 2.75) is 21.6 Å². The van der Waals surface area contributed by atoms with Crippen molar-refractivity contribution < 1.29 is 55.3 Å². The third kappa shape index (κ3) is 3.90. The number of aromatic hydroxyl groups is 4. The largest absolute Gasteiger partial charge is 0.497 e. The first kappa shape index (κ1) is 27.2. The quantitative estimate of drug-likeness (QED) is 0.210. The second-order valence-electron chi connectivity index (χ2n) is 9.29. The summed E-state index contributed by atoms with van der Waals surface area (Å²) in [4.78, 5) is -0.586. The Morgan fingerprint density at radius 2 is 0.833 bits per heavy atom. The summed E-state index contributed by atoms with van der Waals surface area (Å²) in [5.41, 5.74) is -0.100. The Balaban J connectivity index is 1.38. The maximum atomic E-state index is 12.9. The van der Waals surface area contributed by atoms with Gasteiger partial charge in [-0.25, -0.2) is 0 Å². The van der Waals surface area contributed by atoms with Crippen LogP contribution in [0.3, 0.4) is 0 Å². The van der Waals surface area contributed by atoms with Gasteiger partial charge in [0.25, 0.3) is 0 Å². The molecule has 0 spiro atoms. The van der Waals surface area contributed by atoms with Crippen LogP contribution in [0.2, 0.25) is 0 Å². The van der Waals surface area contributed by atoms with E-state index in [1.165, 1.54) is 74.9 Å². The third-order valence-corrected chi connectivity index (χ3v) is 9.48. The molecule has 4 aromatic rings. The highest BCUT2D eigenvalue weighted by molar-refractivity contribution is 7.87. The Labute approximate surface area is 238 Å². The molecule has 3 aliphatic rings. The smallest absolute Gasteiger partial charge is 0.357 e. The summed E-state index contributed by atoms with van der Waals surface area (Å²) < 4.78 is 72.5. The molecule has 0 atom stereocenters. The van der Waals surface area contributed by atoms with Crippen LogP contribution < -0.4 is 18.0 Å². The molecule has 0 radical (unpaired) electrons. The molecule has 0 aliphatic heterocycles. The fourth-order valence-corrected chi connectivity index (χ4v) is 6.94. The summed E-state index contributed by atoms with van der Waals surface area (Å²) in [7, 11) is -6.30. The van der Waals surface area contributed by atoms with Gasteiger partial charge in [-0.3, -0.25) is 8.57 Å². The van der Waals surface area contributed by atoms with Crippen LogP contribution in [-0.4, -0.2) is 60.9 Å². The lowest BCUT2D eigenvalue weighted by Gasteiger charge is -2.30. The van der Waals surface area contributed by atoms with E-state index in [0.717, 1.165) is 0 Å². The standard InChI is InChI=1S/C26H22N2O12S2/c1-37-13-3-7-15(8-4-13)41(33,34)39-27-23(29)19-17-11-12-18(20(19)24(27)30)22-21(17)25(31)28(26(22)32)40-42(35,36)16-9-5-14(38-2)6-10-16/h3-12,17-18,29-32H,1-2H3. The van der Waals surface area contributed by atoms with Crippen LogP contribution in [0.1, 0.15) is 34.1 Å². The van der Waals surface area contributed by atoms with Gasteiger partial charge >= 0.3 is 20.2 Å². The molecule has 2 aromatic carbocycles. The van der Waals surface area contributed by atoms with Crippen LogP contribution in [0, 0.1) is 0 Å². The van der Waals surface area contributed by atoms with Crippen LogP contribution in [0.15, 0.2) is 70.5 Å². The lowest BCUT2D eigenvalue weighted by Crippen LogP contribution is -2.20. The van der Waals surface area contributed by atoms with E-state index in [1.807, 2.05) is 0 Å². The molecule has 7 rings (SSSR count). The summed E-state index contributed by atoms with van der Waals surface area (Å²) in [5.74, 6) is -4.49. The number of ether oxygens (including phenoxy) is 2. The van der Waals surface area contributed by atoms with Gasteiger partial charge in [0.05, 0.1) is 14.2 Å². The predicted octanol–water partition coefficient (Wildman–Crippen LogP) is 1.91. The molecule has 0 unspecified atom stereocenters. The number of rotatable bonds is 8. The van der Waals surface area contributed by atoms with E-state index in [9.17, 15) is 37.3 Å². The molecule has 2 heterocycles. The SMILES string of the molecule is COc1ccc(S(=O)(=O)On2c(O)c3c(c2O)C2C=CC3c3c2c(O)n(OS(=O)(=O)c2ccc(OC)cc2)c3O)cc1. The highest BCUT2D eigenvalue weighted by atomic mass is 32.2. The normalized spacial score (nSPS) is 17.0. The zero-order valence-electron chi connectivity index (χ0n) is 21.7. The molecule has 2 aromatic heterocycles. The zero-order valence-corrected chi connectivity index (χ0v) is 23.3. The Morgan fingerprint density at radius 3 is 1.10 bits per heavy atom. The zero-order chi connectivity index (χ0) is 30.1. The van der Waals surface area contributed by atoms with Crippen LogP contribution in [0.25, 0.3) is 0 Å². The van der Waals surface area contributed by atoms with Gasteiger partial charge in [-0.1, -0.05) is 21.6 Å². The molecule has 0 saturated heterocycles. The molecule has 42 heavy (non-hydrogen) atoms. The molecule has 16 heteroatoms. The van der Waals surface area contributed by atoms with E-state index in [2.05, 4.69) is 0 Å². The van der Waals surface area contributed by atoms with E-state index >= 15 is 0 Å². The number of methoxy groups -OCH3 is 2. The lowest BCUT2D eigenvalue weighted by atomic mass is 9.70. The minimum absolute atomic E-state index is 0.0251. The first-order valence-electron chi connectivity index (χ1n) is 12.1. The highest BCUT2D eigenvalue weighted by Crippen LogP contribution is 2.60. The van der Waals surface area contributed by atoms with Crippen molar-refractivity contribution in [3.8, 4) is 35.0 Å². The Bertz CT molecular complexity index is 1780. The van der Waals surface area contributed by atoms with Crippen LogP contribution in [0.5, 0.6) is 35.0 Å². The number of hydrogen-bond donors (Lipinski definition) is 4. The molecule has 2 bridgehead atoms. The Kier molecular flexibility index (Phi) is 6.02. The maximum Gasteiger partial charge on any atom is 0.357 e. The molecule has 0 saturated carbocycles. The van der Waals surface area contributed by atoms with Crippen molar-refractivity contribution in [1.82, 2.24) is 9.46 Å². The minimum Gasteiger partial charge on any atom is -0.497 e. The van der Waals surface area contributed by atoms with Crippen molar-refractivity contribution in [3.05, 3.63) is 82.9 Å². The van der Waals surface area contributed by atoms with Crippen molar-refractivity contribution in [1.29, 1.82) is 0 Å². The van der Waals surface area contributed by atoms with Crippen molar-refractivity contribution in [3.63, 3.8) is 0 Å². The topological polar surface area (TPSA) is 196 Å². The number of hydrogen-bond acceptors (Lipinski definition) is 12. The summed E-state index contributed by atoms with van der Waals surface area (Å²) in [6.45, 7) is 0. The van der Waals surface area contributed by atoms with E-state index in [0.29, 0.717) is 21.0 Å². The summed E-state index contributed by atoms with van der Waals surface area (Å²) in [6.07, 6.45) is 3.05. The highest BCUT2D eigenvalue weighted by Gasteiger charge is 2.48. The third-order valence-electron chi connectivity index (χ3n) is 7.10. The molecular weight excluding hydrogens is 596 g/mol. The van der Waals surface area contributed by atoms with E-state index in [1.54, 1.807) is 0 Å². The first-order valence-corrected chi connectivity index (χ1v) is 14.9. The fourth-order valence-electron chi connectivity index (χ4n) is 5.15. The van der Waals surface area contributed by atoms with Gasteiger partial charge in [-0.15, -0.1) is 0 Å². The van der Waals surface area contributed by atoms with E-state index < -0.39 is 55.6 Å². The average molecular weight is 619 g/mol. The van der Waals surface area contributed by atoms with Crippen LogP contribution >= 0.6 is 0 Å². The molecule has 4 N–H and O–H groups in total. The summed E-state index contributed by atoms with van der Waals surface area (Å²) >= 11 is 0. The minimum atomic E-state index is -4.56. The molecule has 3 aliphatic carbocycles. The van der Waals surface area contributed by atoms with Crippen molar-refractivity contribution in [2.24, 2.45) is 0 Å². The first-order chi connectivity index (χ1) is 19.9. The number of allylic oxidation sites excluding steroid dienone is 2. The predicted molar refractivity (Wildman–Crippen MR) is 142 cm³/mol. The number of nitrogens with zero attached hydrogens (tertiary/aromatic N) is 2. The molecule has 14 nitrogen and oxygen atoms in total. The van der Waals surface area contributed by atoms with Gasteiger partial charge in [0, 0.05) is 34.1 Å². The number of benzene rings is 2. The van der Waals surface area contributed by atoms with Gasteiger partial charge in [-0.05, 0) is 48.5 Å². The van der Waals surface area contributed by atoms with Crippen molar-refractivity contribution >= 4 is 20.2 Å². The van der Waals surface area contributed by atoms with Gasteiger partial charge in [-0.2, -0.15) is 16.8 Å². The fraction of sp³-hybridized carbons (Fsp3) is 0.154. The van der Waals surface area contributed by atoms with Crippen molar-refractivity contribution in [2.75, 3.05) is 14.2 Å². The maximum absolute atomic E-state index is 12.9. The number of aromatic nitrogens is 2. The second kappa shape index (κ2) is 9.28. The summed E-state index contributed by atoms with van der Waals surface area (Å²) in [6, 6.07) is 10.4. The lowest BCUT2D eigenvalue weighted by molar-refractivity contribution is 0.199. The van der Waals surface area contributed by atoms with Gasteiger partial charge in [0.2, 0.25) is 23.5 Å². The van der Waals surface area contributed by atoms with Gasteiger partial charge in [0.1, 0.15) is 21.3 Å². The summed E-state index contributed by atoms with van der Waals surface area (Å²) in [5, 5.41) is 44.0. The van der Waals surface area contributed by atoms with Gasteiger partial charge in [0.15, 0.2) is 0 Å². The second-order valence-corrected chi connectivity index (χ2v) is 12.3. The van der Waals surface area contributed by atoms with Crippen LogP contribution in [0.4, 0.5) is 0 Å². The molecule has 0 fully saturated rings. The molecular formula is C26H22N2O12S2.